The van der Waals surface area contributed by atoms with Gasteiger partial charge in [-0.2, -0.15) is 0 Å². The standard InChI is InChI=1S/C12H16O2/c1-8-7-10(13)9-5-3-4-6-12(9,2)11(8)14/h3-4,7,9,11,14H,5-6H2,1-2H3/t9-,11+,12-/m1/s1. The van der Waals surface area contributed by atoms with Gasteiger partial charge in [0.1, 0.15) is 0 Å². The van der Waals surface area contributed by atoms with Crippen LogP contribution < -0.4 is 0 Å². The molecule has 0 saturated heterocycles. The molecule has 0 aromatic carbocycles. The van der Waals surface area contributed by atoms with Crippen molar-refractivity contribution in [3.05, 3.63) is 23.8 Å². The van der Waals surface area contributed by atoms with Gasteiger partial charge in [-0.3, -0.25) is 4.79 Å². The molecule has 0 unspecified atom stereocenters. The van der Waals surface area contributed by atoms with E-state index >= 15 is 0 Å². The zero-order valence-electron chi connectivity index (χ0n) is 8.66. The van der Waals surface area contributed by atoms with E-state index in [1.54, 1.807) is 6.08 Å². The molecule has 2 heteroatoms. The average Bonchev–Trinajstić information content (AvgIpc) is 2.15. The number of ketones is 1. The molecule has 1 N–H and O–H groups in total. The number of aliphatic hydroxyl groups excluding tert-OH is 1. The van der Waals surface area contributed by atoms with E-state index in [0.29, 0.717) is 0 Å². The minimum Gasteiger partial charge on any atom is -0.388 e. The Labute approximate surface area is 84.3 Å². The Hall–Kier alpha value is -0.890. The van der Waals surface area contributed by atoms with E-state index in [-0.39, 0.29) is 17.1 Å². The van der Waals surface area contributed by atoms with Crippen LogP contribution >= 0.6 is 0 Å². The molecule has 2 nitrogen and oxygen atoms in total. The molecule has 0 amide bonds. The molecule has 3 atom stereocenters. The van der Waals surface area contributed by atoms with Crippen molar-refractivity contribution in [2.24, 2.45) is 11.3 Å². The van der Waals surface area contributed by atoms with Gasteiger partial charge in [0.05, 0.1) is 6.10 Å². The topological polar surface area (TPSA) is 37.3 Å². The van der Waals surface area contributed by atoms with Crippen molar-refractivity contribution >= 4 is 5.78 Å². The number of hydrogen-bond donors (Lipinski definition) is 1. The first-order valence-electron chi connectivity index (χ1n) is 5.11. The third-order valence-corrected chi connectivity index (χ3v) is 3.66. The Morgan fingerprint density at radius 3 is 2.93 bits per heavy atom. The van der Waals surface area contributed by atoms with Gasteiger partial charge in [-0.15, -0.1) is 0 Å². The van der Waals surface area contributed by atoms with E-state index < -0.39 is 6.10 Å². The second kappa shape index (κ2) is 3.06. The van der Waals surface area contributed by atoms with Crippen LogP contribution in [0.2, 0.25) is 0 Å². The molecular formula is C12H16O2. The summed E-state index contributed by atoms with van der Waals surface area (Å²) in [4.78, 5) is 11.8. The van der Waals surface area contributed by atoms with Crippen LogP contribution in [0, 0.1) is 11.3 Å². The van der Waals surface area contributed by atoms with Gasteiger partial charge in [0.25, 0.3) is 0 Å². The smallest absolute Gasteiger partial charge is 0.159 e. The van der Waals surface area contributed by atoms with E-state index in [1.165, 1.54) is 0 Å². The molecule has 0 radical (unpaired) electrons. The quantitative estimate of drug-likeness (QED) is 0.595. The number of allylic oxidation sites excluding steroid dienone is 3. The minimum absolute atomic E-state index is 0.0220. The molecular weight excluding hydrogens is 176 g/mol. The van der Waals surface area contributed by atoms with Crippen LogP contribution in [-0.2, 0) is 4.79 Å². The third kappa shape index (κ3) is 1.17. The van der Waals surface area contributed by atoms with Crippen LogP contribution in [0.15, 0.2) is 23.8 Å². The van der Waals surface area contributed by atoms with Crippen molar-refractivity contribution in [1.82, 2.24) is 0 Å². The van der Waals surface area contributed by atoms with Crippen LogP contribution in [-0.4, -0.2) is 17.0 Å². The SMILES string of the molecule is CC1=CC(=O)[C@H]2CC=CC[C@@]2(C)[C@H]1O. The number of hydrogen-bond acceptors (Lipinski definition) is 2. The number of aliphatic hydroxyl groups is 1. The highest BCUT2D eigenvalue weighted by molar-refractivity contribution is 5.94. The summed E-state index contributed by atoms with van der Waals surface area (Å²) in [6, 6.07) is 0. The number of carbonyl (C=O) groups excluding carboxylic acids is 1. The summed E-state index contributed by atoms with van der Waals surface area (Å²) < 4.78 is 0. The molecule has 2 aliphatic rings. The molecule has 14 heavy (non-hydrogen) atoms. The zero-order valence-corrected chi connectivity index (χ0v) is 8.66. The summed E-state index contributed by atoms with van der Waals surface area (Å²) in [7, 11) is 0. The number of carbonyl (C=O) groups is 1. The van der Waals surface area contributed by atoms with Gasteiger partial charge < -0.3 is 5.11 Å². The van der Waals surface area contributed by atoms with E-state index in [2.05, 4.69) is 6.08 Å². The molecule has 0 bridgehead atoms. The largest absolute Gasteiger partial charge is 0.388 e. The second-order valence-electron chi connectivity index (χ2n) is 4.66. The molecule has 76 valence electrons. The Kier molecular flexibility index (Phi) is 2.11. The zero-order chi connectivity index (χ0) is 10.3. The maximum atomic E-state index is 11.8. The highest BCUT2D eigenvalue weighted by Crippen LogP contribution is 2.46. The fraction of sp³-hybridized carbons (Fsp3) is 0.583. The second-order valence-corrected chi connectivity index (χ2v) is 4.66. The van der Waals surface area contributed by atoms with Crippen molar-refractivity contribution in [3.63, 3.8) is 0 Å². The first-order valence-corrected chi connectivity index (χ1v) is 5.11. The van der Waals surface area contributed by atoms with Crippen molar-refractivity contribution in [3.8, 4) is 0 Å². The molecule has 0 saturated carbocycles. The Morgan fingerprint density at radius 2 is 2.21 bits per heavy atom. The van der Waals surface area contributed by atoms with Gasteiger partial charge in [0.2, 0.25) is 0 Å². The molecule has 0 aromatic rings. The van der Waals surface area contributed by atoms with Crippen LogP contribution in [0.5, 0.6) is 0 Å². The molecule has 0 aromatic heterocycles. The average molecular weight is 192 g/mol. The van der Waals surface area contributed by atoms with Crippen LogP contribution in [0.4, 0.5) is 0 Å². The summed E-state index contributed by atoms with van der Waals surface area (Å²) in [5.74, 6) is 0.158. The normalized spacial score (nSPS) is 41.9. The van der Waals surface area contributed by atoms with Crippen LogP contribution in [0.3, 0.4) is 0 Å². The summed E-state index contributed by atoms with van der Waals surface area (Å²) in [5.41, 5.74) is 0.536. The third-order valence-electron chi connectivity index (χ3n) is 3.66. The molecule has 0 spiro atoms. The van der Waals surface area contributed by atoms with Gasteiger partial charge in [-0.25, -0.2) is 0 Å². The first kappa shape index (κ1) is 9.66. The first-order chi connectivity index (χ1) is 6.55. The van der Waals surface area contributed by atoms with E-state index in [9.17, 15) is 9.90 Å². The van der Waals surface area contributed by atoms with Crippen molar-refractivity contribution < 1.29 is 9.90 Å². The van der Waals surface area contributed by atoms with Gasteiger partial charge in [0, 0.05) is 11.3 Å². The summed E-state index contributed by atoms with van der Waals surface area (Å²) in [6.07, 6.45) is 6.84. The minimum atomic E-state index is -0.463. The lowest BCUT2D eigenvalue weighted by Gasteiger charge is -2.44. The predicted octanol–water partition coefficient (Wildman–Crippen LogP) is 1.85. The maximum Gasteiger partial charge on any atom is 0.159 e. The molecule has 2 aliphatic carbocycles. The van der Waals surface area contributed by atoms with E-state index in [4.69, 9.17) is 0 Å². The van der Waals surface area contributed by atoms with E-state index in [1.807, 2.05) is 19.9 Å². The molecule has 0 heterocycles. The van der Waals surface area contributed by atoms with Crippen molar-refractivity contribution in [2.45, 2.75) is 32.8 Å². The highest BCUT2D eigenvalue weighted by atomic mass is 16.3. The summed E-state index contributed by atoms with van der Waals surface area (Å²) in [6.45, 7) is 3.85. The Balaban J connectivity index is 2.44. The summed E-state index contributed by atoms with van der Waals surface area (Å²) in [5, 5.41) is 10.1. The van der Waals surface area contributed by atoms with E-state index in [0.717, 1.165) is 18.4 Å². The van der Waals surface area contributed by atoms with Gasteiger partial charge in [-0.05, 0) is 31.4 Å². The Bertz CT molecular complexity index is 327. The number of rotatable bonds is 0. The highest BCUT2D eigenvalue weighted by Gasteiger charge is 2.47. The van der Waals surface area contributed by atoms with Gasteiger partial charge >= 0.3 is 0 Å². The molecule has 2 rings (SSSR count). The van der Waals surface area contributed by atoms with Crippen LogP contribution in [0.1, 0.15) is 26.7 Å². The summed E-state index contributed by atoms with van der Waals surface area (Å²) >= 11 is 0. The molecule has 0 fully saturated rings. The number of fused-ring (bicyclic) bond motifs is 1. The van der Waals surface area contributed by atoms with Crippen molar-refractivity contribution in [2.75, 3.05) is 0 Å². The van der Waals surface area contributed by atoms with Crippen molar-refractivity contribution in [1.29, 1.82) is 0 Å². The predicted molar refractivity (Wildman–Crippen MR) is 54.7 cm³/mol. The lowest BCUT2D eigenvalue weighted by molar-refractivity contribution is -0.127. The lowest BCUT2D eigenvalue weighted by atomic mass is 9.61. The lowest BCUT2D eigenvalue weighted by Crippen LogP contribution is -2.47. The Morgan fingerprint density at radius 1 is 1.50 bits per heavy atom. The fourth-order valence-corrected chi connectivity index (χ4v) is 2.65. The maximum absolute atomic E-state index is 11.8. The fourth-order valence-electron chi connectivity index (χ4n) is 2.65. The van der Waals surface area contributed by atoms with Crippen LogP contribution in [0.25, 0.3) is 0 Å². The monoisotopic (exact) mass is 192 g/mol. The van der Waals surface area contributed by atoms with Gasteiger partial charge in [0.15, 0.2) is 5.78 Å². The van der Waals surface area contributed by atoms with Gasteiger partial charge in [-0.1, -0.05) is 19.1 Å². The molecule has 0 aliphatic heterocycles.